The van der Waals surface area contributed by atoms with E-state index in [1.54, 1.807) is 0 Å². The lowest BCUT2D eigenvalue weighted by molar-refractivity contribution is -0.136. The molecule has 1 N–H and O–H groups in total. The molecule has 2 fully saturated rings. The molecule has 92 valence electrons. The third kappa shape index (κ3) is 2.74. The molecular weight excluding hydrogens is 202 g/mol. The molecule has 1 atom stereocenters. The molecule has 2 heterocycles. The maximum atomic E-state index is 12.1. The lowest BCUT2D eigenvalue weighted by Gasteiger charge is -2.35. The second kappa shape index (κ2) is 5.64. The maximum Gasteiger partial charge on any atom is 0.227 e. The summed E-state index contributed by atoms with van der Waals surface area (Å²) >= 11 is 0. The monoisotopic (exact) mass is 225 g/mol. The average Bonchev–Trinajstić information content (AvgIpc) is 2.83. The molecule has 0 aromatic carbocycles. The van der Waals surface area contributed by atoms with Crippen molar-refractivity contribution >= 4 is 5.91 Å². The van der Waals surface area contributed by atoms with E-state index in [2.05, 4.69) is 22.0 Å². The number of piperazine rings is 1. The Morgan fingerprint density at radius 3 is 2.62 bits per heavy atom. The van der Waals surface area contributed by atoms with Crippen LogP contribution in [0.3, 0.4) is 0 Å². The highest BCUT2D eigenvalue weighted by atomic mass is 16.2. The summed E-state index contributed by atoms with van der Waals surface area (Å²) in [7, 11) is 0. The van der Waals surface area contributed by atoms with Crippen LogP contribution in [0.4, 0.5) is 0 Å². The number of rotatable bonds is 3. The van der Waals surface area contributed by atoms with Crippen molar-refractivity contribution in [1.29, 1.82) is 0 Å². The van der Waals surface area contributed by atoms with Gasteiger partial charge in [-0.1, -0.05) is 6.92 Å². The first-order valence-electron chi connectivity index (χ1n) is 6.53. The van der Waals surface area contributed by atoms with E-state index in [1.807, 2.05) is 0 Å². The molecule has 0 aliphatic carbocycles. The molecule has 0 aromatic rings. The fourth-order valence-corrected chi connectivity index (χ4v) is 2.63. The summed E-state index contributed by atoms with van der Waals surface area (Å²) < 4.78 is 0. The van der Waals surface area contributed by atoms with E-state index in [0.717, 1.165) is 45.7 Å². The summed E-state index contributed by atoms with van der Waals surface area (Å²) in [5.41, 5.74) is 0. The van der Waals surface area contributed by atoms with E-state index in [-0.39, 0.29) is 5.92 Å². The van der Waals surface area contributed by atoms with E-state index >= 15 is 0 Å². The minimum atomic E-state index is 0.248. The highest BCUT2D eigenvalue weighted by Crippen LogP contribution is 2.13. The van der Waals surface area contributed by atoms with Crippen LogP contribution >= 0.6 is 0 Å². The van der Waals surface area contributed by atoms with Crippen molar-refractivity contribution in [3.05, 3.63) is 0 Å². The molecule has 2 aliphatic heterocycles. The standard InChI is InChI=1S/C12H23N3O/c1-2-5-14-6-8-15(9-7-14)12(16)11-3-4-13-10-11/h11,13H,2-10H2,1H3. The number of hydrogen-bond donors (Lipinski definition) is 1. The van der Waals surface area contributed by atoms with Crippen molar-refractivity contribution in [1.82, 2.24) is 15.1 Å². The predicted octanol–water partition coefficient (Wildman–Crippen LogP) is 0.150. The molecule has 16 heavy (non-hydrogen) atoms. The Balaban J connectivity index is 1.77. The summed E-state index contributed by atoms with van der Waals surface area (Å²) in [5, 5.41) is 3.26. The zero-order valence-electron chi connectivity index (χ0n) is 10.2. The van der Waals surface area contributed by atoms with E-state index in [1.165, 1.54) is 13.0 Å². The summed E-state index contributed by atoms with van der Waals surface area (Å²) in [6.45, 7) is 9.24. The summed E-state index contributed by atoms with van der Waals surface area (Å²) in [6.07, 6.45) is 2.23. The molecule has 0 bridgehead atoms. The Bertz CT molecular complexity index is 230. The maximum absolute atomic E-state index is 12.1. The first kappa shape index (κ1) is 11.9. The van der Waals surface area contributed by atoms with Gasteiger partial charge in [-0.3, -0.25) is 9.69 Å². The van der Waals surface area contributed by atoms with Crippen LogP contribution in [-0.2, 0) is 4.79 Å². The molecule has 1 unspecified atom stereocenters. The molecule has 2 aliphatic rings. The van der Waals surface area contributed by atoms with E-state index in [9.17, 15) is 4.79 Å². The smallest absolute Gasteiger partial charge is 0.227 e. The zero-order chi connectivity index (χ0) is 11.4. The van der Waals surface area contributed by atoms with Gasteiger partial charge in [-0.05, 0) is 25.9 Å². The number of nitrogens with one attached hydrogen (secondary N) is 1. The number of carbonyl (C=O) groups is 1. The first-order valence-corrected chi connectivity index (χ1v) is 6.53. The van der Waals surface area contributed by atoms with Crippen LogP contribution in [0.2, 0.25) is 0 Å². The van der Waals surface area contributed by atoms with Crippen molar-refractivity contribution in [3.63, 3.8) is 0 Å². The number of nitrogens with zero attached hydrogens (tertiary/aromatic N) is 2. The number of amides is 1. The average molecular weight is 225 g/mol. The lowest BCUT2D eigenvalue weighted by Crippen LogP contribution is -2.50. The summed E-state index contributed by atoms with van der Waals surface area (Å²) in [6, 6.07) is 0. The van der Waals surface area contributed by atoms with Crippen LogP contribution < -0.4 is 5.32 Å². The van der Waals surface area contributed by atoms with Crippen LogP contribution in [0.25, 0.3) is 0 Å². The Kier molecular flexibility index (Phi) is 4.18. The highest BCUT2D eigenvalue weighted by molar-refractivity contribution is 5.79. The van der Waals surface area contributed by atoms with Gasteiger partial charge in [0.15, 0.2) is 0 Å². The van der Waals surface area contributed by atoms with Gasteiger partial charge in [0.05, 0.1) is 5.92 Å². The molecule has 2 rings (SSSR count). The van der Waals surface area contributed by atoms with Crippen molar-refractivity contribution in [2.24, 2.45) is 5.92 Å². The van der Waals surface area contributed by atoms with E-state index < -0.39 is 0 Å². The quantitative estimate of drug-likeness (QED) is 0.743. The van der Waals surface area contributed by atoms with Gasteiger partial charge in [-0.15, -0.1) is 0 Å². The molecular formula is C12H23N3O. The third-order valence-corrected chi connectivity index (χ3v) is 3.63. The van der Waals surface area contributed by atoms with Gasteiger partial charge < -0.3 is 10.2 Å². The van der Waals surface area contributed by atoms with E-state index in [0.29, 0.717) is 5.91 Å². The zero-order valence-corrected chi connectivity index (χ0v) is 10.2. The van der Waals surface area contributed by atoms with Crippen molar-refractivity contribution in [3.8, 4) is 0 Å². The second-order valence-electron chi connectivity index (χ2n) is 4.86. The largest absolute Gasteiger partial charge is 0.340 e. The Morgan fingerprint density at radius 1 is 1.31 bits per heavy atom. The Morgan fingerprint density at radius 2 is 2.06 bits per heavy atom. The topological polar surface area (TPSA) is 35.6 Å². The third-order valence-electron chi connectivity index (χ3n) is 3.63. The molecule has 0 saturated carbocycles. The highest BCUT2D eigenvalue weighted by Gasteiger charge is 2.28. The van der Waals surface area contributed by atoms with Gasteiger partial charge in [0.25, 0.3) is 0 Å². The fourth-order valence-electron chi connectivity index (χ4n) is 2.63. The van der Waals surface area contributed by atoms with Gasteiger partial charge in [-0.2, -0.15) is 0 Å². The van der Waals surface area contributed by atoms with Gasteiger partial charge in [0.1, 0.15) is 0 Å². The van der Waals surface area contributed by atoms with Crippen LogP contribution in [0, 0.1) is 5.92 Å². The number of carbonyl (C=O) groups excluding carboxylic acids is 1. The fraction of sp³-hybridized carbons (Fsp3) is 0.917. The van der Waals surface area contributed by atoms with Gasteiger partial charge in [0, 0.05) is 32.7 Å². The Labute approximate surface area is 98.0 Å². The molecule has 0 spiro atoms. The van der Waals surface area contributed by atoms with Crippen LogP contribution in [0.5, 0.6) is 0 Å². The normalized spacial score (nSPS) is 27.3. The van der Waals surface area contributed by atoms with Crippen LogP contribution in [0.1, 0.15) is 19.8 Å². The first-order chi connectivity index (χ1) is 7.81. The molecule has 4 nitrogen and oxygen atoms in total. The van der Waals surface area contributed by atoms with Crippen molar-refractivity contribution in [2.45, 2.75) is 19.8 Å². The van der Waals surface area contributed by atoms with Crippen molar-refractivity contribution < 1.29 is 4.79 Å². The molecule has 0 aromatic heterocycles. The van der Waals surface area contributed by atoms with Gasteiger partial charge in [0.2, 0.25) is 5.91 Å². The Hall–Kier alpha value is -0.610. The summed E-state index contributed by atoms with van der Waals surface area (Å²) in [4.78, 5) is 16.6. The minimum absolute atomic E-state index is 0.248. The summed E-state index contributed by atoms with van der Waals surface area (Å²) in [5.74, 6) is 0.624. The van der Waals surface area contributed by atoms with E-state index in [4.69, 9.17) is 0 Å². The lowest BCUT2D eigenvalue weighted by atomic mass is 10.1. The van der Waals surface area contributed by atoms with Gasteiger partial charge in [-0.25, -0.2) is 0 Å². The second-order valence-corrected chi connectivity index (χ2v) is 4.86. The molecule has 2 saturated heterocycles. The van der Waals surface area contributed by atoms with Crippen LogP contribution in [0.15, 0.2) is 0 Å². The molecule has 4 heteroatoms. The molecule has 0 radical (unpaired) electrons. The SMILES string of the molecule is CCCN1CCN(C(=O)C2CCNC2)CC1. The van der Waals surface area contributed by atoms with Crippen molar-refractivity contribution in [2.75, 3.05) is 45.8 Å². The minimum Gasteiger partial charge on any atom is -0.340 e. The molecule has 1 amide bonds. The van der Waals surface area contributed by atoms with Crippen LogP contribution in [-0.4, -0.2) is 61.5 Å². The van der Waals surface area contributed by atoms with Gasteiger partial charge >= 0.3 is 0 Å². The predicted molar refractivity (Wildman–Crippen MR) is 64.3 cm³/mol. The number of hydrogen-bond acceptors (Lipinski definition) is 3.